The van der Waals surface area contributed by atoms with Crippen molar-refractivity contribution in [3.63, 3.8) is 0 Å². The molecule has 1 aromatic rings. The van der Waals surface area contributed by atoms with Crippen molar-refractivity contribution in [2.24, 2.45) is 7.05 Å². The van der Waals surface area contributed by atoms with Gasteiger partial charge in [-0.15, -0.1) is 0 Å². The molecule has 0 fully saturated rings. The fourth-order valence-corrected chi connectivity index (χ4v) is 2.51. The number of aromatic nitrogens is 2. The molecule has 10 heteroatoms. The zero-order valence-corrected chi connectivity index (χ0v) is 10.6. The number of halogens is 3. The number of sulfonamides is 1. The standard InChI is InChI=1S/C8H13F3N4O2S/c1-14-5-6(7(12)13-14)18(16,17)15(2)4-3-8(9,10)11/h5H,3-4H2,1-2H3,(H2,12,13). The van der Waals surface area contributed by atoms with Crippen molar-refractivity contribution in [3.05, 3.63) is 6.20 Å². The number of anilines is 1. The summed E-state index contributed by atoms with van der Waals surface area (Å²) in [6.45, 7) is -0.667. The molecule has 6 nitrogen and oxygen atoms in total. The summed E-state index contributed by atoms with van der Waals surface area (Å²) in [6.07, 6.45) is -4.48. The summed E-state index contributed by atoms with van der Waals surface area (Å²) in [7, 11) is -1.52. The Hall–Kier alpha value is -1.29. The summed E-state index contributed by atoms with van der Waals surface area (Å²) in [5, 5.41) is 3.64. The van der Waals surface area contributed by atoms with E-state index in [1.807, 2.05) is 0 Å². The summed E-state index contributed by atoms with van der Waals surface area (Å²) in [6, 6.07) is 0. The highest BCUT2D eigenvalue weighted by Gasteiger charge is 2.31. The van der Waals surface area contributed by atoms with Gasteiger partial charge in [0.2, 0.25) is 10.0 Å². The predicted octanol–water partition coefficient (Wildman–Crippen LogP) is 0.575. The largest absolute Gasteiger partial charge is 0.390 e. The molecule has 0 spiro atoms. The maximum Gasteiger partial charge on any atom is 0.390 e. The van der Waals surface area contributed by atoms with Gasteiger partial charge in [0.15, 0.2) is 5.82 Å². The van der Waals surface area contributed by atoms with Crippen molar-refractivity contribution in [2.75, 3.05) is 19.3 Å². The van der Waals surface area contributed by atoms with Crippen LogP contribution in [0.15, 0.2) is 11.1 Å². The highest BCUT2D eigenvalue weighted by Crippen LogP contribution is 2.23. The first-order chi connectivity index (χ1) is 8.04. The Bertz CT molecular complexity index is 523. The summed E-state index contributed by atoms with van der Waals surface area (Å²) in [5.41, 5.74) is 5.39. The third kappa shape index (κ3) is 3.35. The first-order valence-corrected chi connectivity index (χ1v) is 6.30. The van der Waals surface area contributed by atoms with Gasteiger partial charge in [0.1, 0.15) is 4.90 Å². The van der Waals surface area contributed by atoms with Crippen LogP contribution in [0.2, 0.25) is 0 Å². The SMILES string of the molecule is CN(CCC(F)(F)F)S(=O)(=O)c1cn(C)nc1N. The number of hydrogen-bond donors (Lipinski definition) is 1. The molecule has 0 aliphatic heterocycles. The number of nitrogens with two attached hydrogens (primary N) is 1. The highest BCUT2D eigenvalue weighted by atomic mass is 32.2. The molecule has 0 bridgehead atoms. The third-order valence-electron chi connectivity index (χ3n) is 2.22. The van der Waals surface area contributed by atoms with Crippen LogP contribution in [-0.4, -0.2) is 42.3 Å². The van der Waals surface area contributed by atoms with Crippen LogP contribution >= 0.6 is 0 Å². The van der Waals surface area contributed by atoms with E-state index in [1.165, 1.54) is 11.7 Å². The average molecular weight is 286 g/mol. The van der Waals surface area contributed by atoms with Crippen LogP contribution in [0.1, 0.15) is 6.42 Å². The summed E-state index contributed by atoms with van der Waals surface area (Å²) < 4.78 is 61.7. The quantitative estimate of drug-likeness (QED) is 0.877. The second kappa shape index (κ2) is 4.76. The van der Waals surface area contributed by atoms with E-state index >= 15 is 0 Å². The van der Waals surface area contributed by atoms with Gasteiger partial charge in [-0.1, -0.05) is 0 Å². The lowest BCUT2D eigenvalue weighted by atomic mass is 10.4. The van der Waals surface area contributed by atoms with Crippen LogP contribution in [0.4, 0.5) is 19.0 Å². The summed E-state index contributed by atoms with van der Waals surface area (Å²) in [4.78, 5) is -0.297. The predicted molar refractivity (Wildman–Crippen MR) is 58.1 cm³/mol. The van der Waals surface area contributed by atoms with Crippen molar-refractivity contribution < 1.29 is 21.6 Å². The first-order valence-electron chi connectivity index (χ1n) is 4.86. The topological polar surface area (TPSA) is 81.2 Å². The van der Waals surface area contributed by atoms with Gasteiger partial charge in [0, 0.05) is 26.8 Å². The molecule has 0 saturated heterocycles. The molecule has 0 saturated carbocycles. The van der Waals surface area contributed by atoms with Crippen molar-refractivity contribution in [1.82, 2.24) is 14.1 Å². The third-order valence-corrected chi connectivity index (χ3v) is 4.09. The average Bonchev–Trinajstić information content (AvgIpc) is 2.53. The van der Waals surface area contributed by atoms with E-state index in [1.54, 1.807) is 0 Å². The molecule has 18 heavy (non-hydrogen) atoms. The van der Waals surface area contributed by atoms with Crippen LogP contribution < -0.4 is 5.73 Å². The second-order valence-electron chi connectivity index (χ2n) is 3.74. The molecule has 0 aliphatic carbocycles. The Morgan fingerprint density at radius 2 is 2.06 bits per heavy atom. The van der Waals surface area contributed by atoms with E-state index in [9.17, 15) is 21.6 Å². The smallest absolute Gasteiger partial charge is 0.381 e. The zero-order chi connectivity index (χ0) is 14.1. The Morgan fingerprint density at radius 1 is 1.50 bits per heavy atom. The van der Waals surface area contributed by atoms with E-state index in [4.69, 9.17) is 5.73 Å². The van der Waals surface area contributed by atoms with Gasteiger partial charge in [-0.05, 0) is 0 Å². The fraction of sp³-hybridized carbons (Fsp3) is 0.625. The lowest BCUT2D eigenvalue weighted by molar-refractivity contribution is -0.135. The minimum Gasteiger partial charge on any atom is -0.381 e. The van der Waals surface area contributed by atoms with Crippen LogP contribution in [0.25, 0.3) is 0 Å². The minimum atomic E-state index is -4.41. The molecule has 104 valence electrons. The Labute approximate surface area is 102 Å². The molecule has 1 rings (SSSR count). The Morgan fingerprint density at radius 3 is 2.44 bits per heavy atom. The lowest BCUT2D eigenvalue weighted by Crippen LogP contribution is -2.30. The van der Waals surface area contributed by atoms with Crippen LogP contribution in [0.5, 0.6) is 0 Å². The van der Waals surface area contributed by atoms with Crippen molar-refractivity contribution in [1.29, 1.82) is 0 Å². The minimum absolute atomic E-state index is 0.239. The Kier molecular flexibility index (Phi) is 3.91. The molecule has 1 heterocycles. The number of nitrogen functional groups attached to an aromatic ring is 1. The maximum atomic E-state index is 12.0. The normalized spacial score (nSPS) is 13.2. The Balaban J connectivity index is 2.90. The molecular weight excluding hydrogens is 273 g/mol. The molecule has 1 aromatic heterocycles. The molecule has 0 atom stereocenters. The second-order valence-corrected chi connectivity index (χ2v) is 5.76. The number of alkyl halides is 3. The van der Waals surface area contributed by atoms with Crippen molar-refractivity contribution >= 4 is 15.8 Å². The maximum absolute atomic E-state index is 12.0. The number of nitrogens with zero attached hydrogens (tertiary/aromatic N) is 3. The monoisotopic (exact) mass is 286 g/mol. The molecular formula is C8H13F3N4O2S. The van der Waals surface area contributed by atoms with E-state index in [2.05, 4.69) is 5.10 Å². The molecule has 0 aliphatic rings. The van der Waals surface area contributed by atoms with Crippen molar-refractivity contribution in [3.8, 4) is 0 Å². The number of hydrogen-bond acceptors (Lipinski definition) is 4. The molecule has 0 amide bonds. The molecule has 0 aromatic carbocycles. The van der Waals surface area contributed by atoms with E-state index in [-0.39, 0.29) is 10.7 Å². The fourth-order valence-electron chi connectivity index (χ4n) is 1.25. The van der Waals surface area contributed by atoms with Gasteiger partial charge >= 0.3 is 6.18 Å². The number of rotatable bonds is 4. The van der Waals surface area contributed by atoms with Gasteiger partial charge in [0.25, 0.3) is 0 Å². The van der Waals surface area contributed by atoms with Crippen molar-refractivity contribution in [2.45, 2.75) is 17.5 Å². The van der Waals surface area contributed by atoms with Crippen LogP contribution in [-0.2, 0) is 17.1 Å². The van der Waals surface area contributed by atoms with Crippen LogP contribution in [0.3, 0.4) is 0 Å². The van der Waals surface area contributed by atoms with Gasteiger partial charge in [0.05, 0.1) is 6.42 Å². The van der Waals surface area contributed by atoms with Gasteiger partial charge in [-0.3, -0.25) is 4.68 Å². The lowest BCUT2D eigenvalue weighted by Gasteiger charge is -2.17. The highest BCUT2D eigenvalue weighted by molar-refractivity contribution is 7.89. The van der Waals surface area contributed by atoms with Gasteiger partial charge in [-0.25, -0.2) is 12.7 Å². The molecule has 0 radical (unpaired) electrons. The molecule has 2 N–H and O–H groups in total. The molecule has 0 unspecified atom stereocenters. The zero-order valence-electron chi connectivity index (χ0n) is 9.77. The van der Waals surface area contributed by atoms with E-state index in [0.717, 1.165) is 13.2 Å². The summed E-state index contributed by atoms with van der Waals surface area (Å²) >= 11 is 0. The summed E-state index contributed by atoms with van der Waals surface area (Å²) in [5.74, 6) is -0.239. The number of aryl methyl sites for hydroxylation is 1. The first kappa shape index (κ1) is 14.8. The van der Waals surface area contributed by atoms with Gasteiger partial charge in [-0.2, -0.15) is 18.3 Å². The van der Waals surface area contributed by atoms with E-state index < -0.39 is 29.2 Å². The van der Waals surface area contributed by atoms with Crippen LogP contribution in [0, 0.1) is 0 Å². The van der Waals surface area contributed by atoms with E-state index in [0.29, 0.717) is 4.31 Å². The van der Waals surface area contributed by atoms with Gasteiger partial charge < -0.3 is 5.73 Å².